The van der Waals surface area contributed by atoms with Crippen LogP contribution in [0.1, 0.15) is 33.1 Å². The minimum absolute atomic E-state index is 0. The van der Waals surface area contributed by atoms with Crippen LogP contribution in [-0.4, -0.2) is 60.9 Å². The smallest absolute Gasteiger partial charge is 0.260 e. The number of hydrogen-bond acceptors (Lipinski definition) is 4. The van der Waals surface area contributed by atoms with Crippen molar-refractivity contribution < 1.29 is 14.3 Å². The van der Waals surface area contributed by atoms with Crippen LogP contribution in [0.2, 0.25) is 0 Å². The van der Waals surface area contributed by atoms with Gasteiger partial charge in [-0.15, -0.1) is 12.4 Å². The lowest BCUT2D eigenvalue weighted by atomic mass is 9.96. The Morgan fingerprint density at radius 1 is 1.29 bits per heavy atom. The van der Waals surface area contributed by atoms with Gasteiger partial charge in [-0.1, -0.05) is 32.0 Å². The van der Waals surface area contributed by atoms with Gasteiger partial charge in [0.1, 0.15) is 5.75 Å². The molecule has 6 nitrogen and oxygen atoms in total. The van der Waals surface area contributed by atoms with E-state index in [-0.39, 0.29) is 42.8 Å². The molecule has 2 N–H and O–H groups in total. The molecule has 1 saturated heterocycles. The number of likely N-dealkylation sites (tertiary alicyclic amines) is 1. The third-order valence-corrected chi connectivity index (χ3v) is 5.26. The van der Waals surface area contributed by atoms with Crippen LogP contribution >= 0.6 is 12.4 Å². The van der Waals surface area contributed by atoms with Gasteiger partial charge in [0.2, 0.25) is 5.91 Å². The van der Waals surface area contributed by atoms with E-state index in [1.807, 2.05) is 37.4 Å². The number of carbonyl (C=O) groups excluding carboxylic acids is 2. The summed E-state index contributed by atoms with van der Waals surface area (Å²) in [6, 6.07) is 9.39. The summed E-state index contributed by atoms with van der Waals surface area (Å²) >= 11 is 0. The molecule has 0 spiro atoms. The molecular formula is C21H34ClN3O3. The monoisotopic (exact) mass is 411 g/mol. The van der Waals surface area contributed by atoms with Crippen LogP contribution in [0.15, 0.2) is 30.3 Å². The van der Waals surface area contributed by atoms with Gasteiger partial charge >= 0.3 is 0 Å². The van der Waals surface area contributed by atoms with Gasteiger partial charge in [0.15, 0.2) is 6.61 Å². The maximum Gasteiger partial charge on any atom is 0.260 e. The topological polar surface area (TPSA) is 75.9 Å². The molecule has 1 fully saturated rings. The molecule has 2 rings (SSSR count). The van der Waals surface area contributed by atoms with Crippen molar-refractivity contribution in [3.63, 3.8) is 0 Å². The fraction of sp³-hybridized carbons (Fsp3) is 0.619. The second-order valence-corrected chi connectivity index (χ2v) is 7.74. The Labute approximate surface area is 174 Å². The van der Waals surface area contributed by atoms with Gasteiger partial charge in [0.05, 0.1) is 5.92 Å². The highest BCUT2D eigenvalue weighted by atomic mass is 35.5. The SMILES string of the molecule is CC(C)C(N)CCN(C)C(=O)C1CCCN(C(=O)COc2ccccc2)C1.Cl. The van der Waals surface area contributed by atoms with E-state index < -0.39 is 0 Å². The molecule has 158 valence electrons. The fourth-order valence-corrected chi connectivity index (χ4v) is 3.26. The van der Waals surface area contributed by atoms with Crippen LogP contribution in [0.3, 0.4) is 0 Å². The van der Waals surface area contributed by atoms with Crippen LogP contribution in [0.5, 0.6) is 5.75 Å². The average Bonchev–Trinajstić information content (AvgIpc) is 2.70. The van der Waals surface area contributed by atoms with Gasteiger partial charge in [-0.25, -0.2) is 0 Å². The molecule has 2 amide bonds. The summed E-state index contributed by atoms with van der Waals surface area (Å²) in [5.41, 5.74) is 6.08. The molecular weight excluding hydrogens is 378 g/mol. The zero-order valence-electron chi connectivity index (χ0n) is 17.2. The van der Waals surface area contributed by atoms with Crippen molar-refractivity contribution in [1.82, 2.24) is 9.80 Å². The first-order valence-corrected chi connectivity index (χ1v) is 9.84. The van der Waals surface area contributed by atoms with E-state index in [1.54, 1.807) is 9.80 Å². The summed E-state index contributed by atoms with van der Waals surface area (Å²) < 4.78 is 5.55. The molecule has 28 heavy (non-hydrogen) atoms. The van der Waals surface area contributed by atoms with Gasteiger partial charge in [-0.05, 0) is 37.3 Å². The highest BCUT2D eigenvalue weighted by Crippen LogP contribution is 2.19. The quantitative estimate of drug-likeness (QED) is 0.713. The van der Waals surface area contributed by atoms with E-state index in [0.29, 0.717) is 31.3 Å². The van der Waals surface area contributed by atoms with Crippen molar-refractivity contribution >= 4 is 24.2 Å². The van der Waals surface area contributed by atoms with E-state index in [0.717, 1.165) is 19.3 Å². The van der Waals surface area contributed by atoms with Gasteiger partial charge in [-0.3, -0.25) is 9.59 Å². The lowest BCUT2D eigenvalue weighted by molar-refractivity contribution is -0.141. The first-order valence-electron chi connectivity index (χ1n) is 9.84. The van der Waals surface area contributed by atoms with Gasteiger partial charge in [0, 0.05) is 32.7 Å². The number of halogens is 1. The zero-order valence-corrected chi connectivity index (χ0v) is 18.0. The molecule has 1 aliphatic heterocycles. The Balaban J connectivity index is 0.00000392. The Hall–Kier alpha value is -1.79. The molecule has 0 bridgehead atoms. The van der Waals surface area contributed by atoms with E-state index >= 15 is 0 Å². The normalized spacial score (nSPS) is 17.6. The summed E-state index contributed by atoms with van der Waals surface area (Å²) in [5.74, 6) is 0.977. The maximum absolute atomic E-state index is 12.7. The highest BCUT2D eigenvalue weighted by molar-refractivity contribution is 5.85. The van der Waals surface area contributed by atoms with Crippen molar-refractivity contribution in [1.29, 1.82) is 0 Å². The minimum Gasteiger partial charge on any atom is -0.484 e. The molecule has 1 heterocycles. The molecule has 2 atom stereocenters. The lowest BCUT2D eigenvalue weighted by Crippen LogP contribution is -2.47. The predicted octanol–water partition coefficient (Wildman–Crippen LogP) is 2.56. The van der Waals surface area contributed by atoms with Crippen molar-refractivity contribution in [2.24, 2.45) is 17.6 Å². The average molecular weight is 412 g/mol. The zero-order chi connectivity index (χ0) is 19.8. The number of amides is 2. The van der Waals surface area contributed by atoms with Gasteiger partial charge in [-0.2, -0.15) is 0 Å². The van der Waals surface area contributed by atoms with E-state index in [1.165, 1.54) is 0 Å². The van der Waals surface area contributed by atoms with Crippen molar-refractivity contribution in [3.05, 3.63) is 30.3 Å². The first kappa shape index (κ1) is 24.2. The standard InChI is InChI=1S/C21H33N3O3.ClH/c1-16(2)19(22)11-13-23(3)21(26)17-8-7-12-24(14-17)20(25)15-27-18-9-5-4-6-10-18;/h4-6,9-10,16-17,19H,7-8,11-15,22H2,1-3H3;1H. The lowest BCUT2D eigenvalue weighted by Gasteiger charge is -2.34. The molecule has 1 aromatic rings. The van der Waals surface area contributed by atoms with Crippen LogP contribution in [0.25, 0.3) is 0 Å². The summed E-state index contributed by atoms with van der Waals surface area (Å²) in [5, 5.41) is 0. The number of para-hydroxylation sites is 1. The molecule has 0 radical (unpaired) electrons. The van der Waals surface area contributed by atoms with Gasteiger partial charge < -0.3 is 20.3 Å². The van der Waals surface area contributed by atoms with Crippen molar-refractivity contribution in [2.75, 3.05) is 33.3 Å². The minimum atomic E-state index is -0.139. The largest absolute Gasteiger partial charge is 0.484 e. The third-order valence-electron chi connectivity index (χ3n) is 5.26. The molecule has 1 aliphatic rings. The number of benzene rings is 1. The molecule has 0 aromatic heterocycles. The van der Waals surface area contributed by atoms with E-state index in [4.69, 9.17) is 10.5 Å². The van der Waals surface area contributed by atoms with E-state index in [2.05, 4.69) is 13.8 Å². The number of piperidine rings is 1. The first-order chi connectivity index (χ1) is 12.9. The molecule has 1 aromatic carbocycles. The second kappa shape index (κ2) is 11.9. The number of ether oxygens (including phenoxy) is 1. The Morgan fingerprint density at radius 3 is 2.61 bits per heavy atom. The number of hydrogen-bond donors (Lipinski definition) is 1. The summed E-state index contributed by atoms with van der Waals surface area (Å²) in [4.78, 5) is 28.7. The predicted molar refractivity (Wildman–Crippen MR) is 114 cm³/mol. The van der Waals surface area contributed by atoms with Crippen LogP contribution in [-0.2, 0) is 9.59 Å². The highest BCUT2D eigenvalue weighted by Gasteiger charge is 2.30. The number of rotatable bonds is 8. The molecule has 7 heteroatoms. The Bertz CT molecular complexity index is 612. The number of nitrogens with zero attached hydrogens (tertiary/aromatic N) is 2. The van der Waals surface area contributed by atoms with Crippen LogP contribution in [0.4, 0.5) is 0 Å². The van der Waals surface area contributed by atoms with Gasteiger partial charge in [0.25, 0.3) is 5.91 Å². The summed E-state index contributed by atoms with van der Waals surface area (Å²) in [6.07, 6.45) is 2.45. The number of nitrogens with two attached hydrogens (primary N) is 1. The molecule has 2 unspecified atom stereocenters. The van der Waals surface area contributed by atoms with Crippen LogP contribution in [0, 0.1) is 11.8 Å². The van der Waals surface area contributed by atoms with Crippen LogP contribution < -0.4 is 10.5 Å². The maximum atomic E-state index is 12.7. The summed E-state index contributed by atoms with van der Waals surface area (Å²) in [6.45, 7) is 5.99. The second-order valence-electron chi connectivity index (χ2n) is 7.74. The Morgan fingerprint density at radius 2 is 1.96 bits per heavy atom. The third kappa shape index (κ3) is 7.32. The molecule has 0 aliphatic carbocycles. The van der Waals surface area contributed by atoms with Crippen molar-refractivity contribution in [2.45, 2.75) is 39.2 Å². The summed E-state index contributed by atoms with van der Waals surface area (Å²) in [7, 11) is 1.83. The van der Waals surface area contributed by atoms with Crippen molar-refractivity contribution in [3.8, 4) is 5.75 Å². The fourth-order valence-electron chi connectivity index (χ4n) is 3.26. The molecule has 0 saturated carbocycles. The Kier molecular flexibility index (Phi) is 10.3. The van der Waals surface area contributed by atoms with E-state index in [9.17, 15) is 9.59 Å². The number of carbonyl (C=O) groups is 2.